The molecule has 0 saturated heterocycles. The minimum atomic E-state index is -0.100. The van der Waals surface area contributed by atoms with E-state index in [0.717, 1.165) is 12.0 Å². The summed E-state index contributed by atoms with van der Waals surface area (Å²) in [6.07, 6.45) is 2.70. The standard InChI is InChI=1S/C16H15ClN4O/c1-2-7-18-16(22)12-6-8-21-14(10-12)19-20-15(21)11-4-3-5-13(17)9-11/h3-6,8-10H,2,7H2,1H3,(H,18,22). The lowest BCUT2D eigenvalue weighted by atomic mass is 10.2. The van der Waals surface area contributed by atoms with E-state index in [4.69, 9.17) is 11.6 Å². The lowest BCUT2D eigenvalue weighted by molar-refractivity contribution is 0.0953. The number of benzene rings is 1. The van der Waals surface area contributed by atoms with Crippen molar-refractivity contribution >= 4 is 23.2 Å². The number of rotatable bonds is 4. The van der Waals surface area contributed by atoms with Crippen LogP contribution >= 0.6 is 11.6 Å². The molecule has 1 aromatic carbocycles. The number of aromatic nitrogens is 3. The van der Waals surface area contributed by atoms with Gasteiger partial charge in [0.25, 0.3) is 5.91 Å². The van der Waals surface area contributed by atoms with Crippen molar-refractivity contribution in [2.24, 2.45) is 0 Å². The zero-order valence-electron chi connectivity index (χ0n) is 12.1. The number of nitrogens with zero attached hydrogens (tertiary/aromatic N) is 3. The SMILES string of the molecule is CCCNC(=O)c1ccn2c(-c3cccc(Cl)c3)nnc2c1. The highest BCUT2D eigenvalue weighted by molar-refractivity contribution is 6.30. The Labute approximate surface area is 132 Å². The minimum absolute atomic E-state index is 0.100. The third-order valence-corrected chi connectivity index (χ3v) is 3.53. The van der Waals surface area contributed by atoms with E-state index in [-0.39, 0.29) is 5.91 Å². The highest BCUT2D eigenvalue weighted by atomic mass is 35.5. The molecular formula is C16H15ClN4O. The van der Waals surface area contributed by atoms with Crippen LogP contribution in [0.5, 0.6) is 0 Å². The van der Waals surface area contributed by atoms with Crippen LogP contribution in [0.1, 0.15) is 23.7 Å². The fraction of sp³-hybridized carbons (Fsp3) is 0.188. The second kappa shape index (κ2) is 6.15. The quantitative estimate of drug-likeness (QED) is 0.804. The largest absolute Gasteiger partial charge is 0.352 e. The molecule has 0 aliphatic rings. The Balaban J connectivity index is 1.98. The first-order valence-electron chi connectivity index (χ1n) is 7.08. The van der Waals surface area contributed by atoms with Crippen LogP contribution < -0.4 is 5.32 Å². The summed E-state index contributed by atoms with van der Waals surface area (Å²) < 4.78 is 1.84. The van der Waals surface area contributed by atoms with E-state index in [9.17, 15) is 4.79 Å². The van der Waals surface area contributed by atoms with Gasteiger partial charge in [-0.05, 0) is 30.7 Å². The summed E-state index contributed by atoms with van der Waals surface area (Å²) in [6.45, 7) is 2.67. The molecule has 0 aliphatic heterocycles. The second-order valence-corrected chi connectivity index (χ2v) is 5.37. The molecule has 0 bridgehead atoms. The Morgan fingerprint density at radius 1 is 1.27 bits per heavy atom. The van der Waals surface area contributed by atoms with Crippen molar-refractivity contribution in [3.63, 3.8) is 0 Å². The van der Waals surface area contributed by atoms with Crippen molar-refractivity contribution in [1.29, 1.82) is 0 Å². The van der Waals surface area contributed by atoms with Gasteiger partial charge in [0, 0.05) is 28.9 Å². The van der Waals surface area contributed by atoms with Crippen LogP contribution in [0.15, 0.2) is 42.6 Å². The summed E-state index contributed by atoms with van der Waals surface area (Å²) in [4.78, 5) is 12.0. The number of hydrogen-bond donors (Lipinski definition) is 1. The summed E-state index contributed by atoms with van der Waals surface area (Å²) in [6, 6.07) is 10.9. The van der Waals surface area contributed by atoms with Gasteiger partial charge in [-0.25, -0.2) is 0 Å². The molecule has 0 aliphatic carbocycles. The predicted molar refractivity (Wildman–Crippen MR) is 86.1 cm³/mol. The average molecular weight is 315 g/mol. The summed E-state index contributed by atoms with van der Waals surface area (Å²) in [5.41, 5.74) is 2.08. The number of pyridine rings is 1. The van der Waals surface area contributed by atoms with Crippen LogP contribution in [0.2, 0.25) is 5.02 Å². The Bertz CT molecular complexity index is 828. The van der Waals surface area contributed by atoms with Crippen LogP contribution in [-0.4, -0.2) is 27.0 Å². The molecule has 0 spiro atoms. The monoisotopic (exact) mass is 314 g/mol. The highest BCUT2D eigenvalue weighted by Gasteiger charge is 2.11. The van der Waals surface area contributed by atoms with Gasteiger partial charge in [-0.1, -0.05) is 30.7 Å². The van der Waals surface area contributed by atoms with E-state index >= 15 is 0 Å². The van der Waals surface area contributed by atoms with E-state index in [1.165, 1.54) is 0 Å². The lowest BCUT2D eigenvalue weighted by Gasteiger charge is -2.04. The van der Waals surface area contributed by atoms with Gasteiger partial charge in [0.1, 0.15) is 0 Å². The minimum Gasteiger partial charge on any atom is -0.352 e. The summed E-state index contributed by atoms with van der Waals surface area (Å²) in [7, 11) is 0. The molecule has 3 rings (SSSR count). The summed E-state index contributed by atoms with van der Waals surface area (Å²) >= 11 is 6.02. The third-order valence-electron chi connectivity index (χ3n) is 3.29. The molecule has 112 valence electrons. The number of carbonyl (C=O) groups is 1. The van der Waals surface area contributed by atoms with E-state index in [0.29, 0.717) is 28.6 Å². The molecular weight excluding hydrogens is 300 g/mol. The van der Waals surface area contributed by atoms with Crippen LogP contribution in [-0.2, 0) is 0 Å². The number of halogens is 1. The number of nitrogens with one attached hydrogen (secondary N) is 1. The zero-order chi connectivity index (χ0) is 15.5. The van der Waals surface area contributed by atoms with Crippen molar-refractivity contribution in [2.45, 2.75) is 13.3 Å². The first-order chi connectivity index (χ1) is 10.7. The molecule has 6 heteroatoms. The Hall–Kier alpha value is -2.40. The van der Waals surface area contributed by atoms with Crippen LogP contribution in [0, 0.1) is 0 Å². The normalized spacial score (nSPS) is 10.8. The van der Waals surface area contributed by atoms with Gasteiger partial charge < -0.3 is 5.32 Å². The maximum atomic E-state index is 12.0. The molecule has 0 unspecified atom stereocenters. The van der Waals surface area contributed by atoms with Crippen molar-refractivity contribution in [3.8, 4) is 11.4 Å². The van der Waals surface area contributed by atoms with Crippen molar-refractivity contribution in [3.05, 3.63) is 53.2 Å². The van der Waals surface area contributed by atoms with E-state index in [1.807, 2.05) is 35.6 Å². The molecule has 0 atom stereocenters. The molecule has 5 nitrogen and oxygen atoms in total. The van der Waals surface area contributed by atoms with E-state index in [1.54, 1.807) is 18.3 Å². The van der Waals surface area contributed by atoms with Crippen molar-refractivity contribution < 1.29 is 4.79 Å². The maximum Gasteiger partial charge on any atom is 0.251 e. The van der Waals surface area contributed by atoms with E-state index in [2.05, 4.69) is 15.5 Å². The molecule has 1 amide bonds. The highest BCUT2D eigenvalue weighted by Crippen LogP contribution is 2.22. The summed E-state index contributed by atoms with van der Waals surface area (Å²) in [5, 5.41) is 11.8. The van der Waals surface area contributed by atoms with E-state index < -0.39 is 0 Å². The fourth-order valence-corrected chi connectivity index (χ4v) is 2.39. The van der Waals surface area contributed by atoms with Gasteiger partial charge in [0.05, 0.1) is 0 Å². The van der Waals surface area contributed by atoms with Gasteiger partial charge in [-0.3, -0.25) is 9.20 Å². The molecule has 3 aromatic rings. The molecule has 0 radical (unpaired) electrons. The second-order valence-electron chi connectivity index (χ2n) is 4.93. The van der Waals surface area contributed by atoms with Crippen molar-refractivity contribution in [2.75, 3.05) is 6.54 Å². The molecule has 2 aromatic heterocycles. The van der Waals surface area contributed by atoms with Gasteiger partial charge in [0.15, 0.2) is 11.5 Å². The molecule has 1 N–H and O–H groups in total. The number of fused-ring (bicyclic) bond motifs is 1. The van der Waals surface area contributed by atoms with Gasteiger partial charge in [0.2, 0.25) is 0 Å². The first kappa shape index (κ1) is 14.5. The Morgan fingerprint density at radius 3 is 2.91 bits per heavy atom. The predicted octanol–water partition coefficient (Wildman–Crippen LogP) is 3.19. The van der Waals surface area contributed by atoms with Crippen LogP contribution in [0.25, 0.3) is 17.0 Å². The number of amides is 1. The molecule has 0 saturated carbocycles. The summed E-state index contributed by atoms with van der Waals surface area (Å²) in [5.74, 6) is 0.592. The van der Waals surface area contributed by atoms with Crippen LogP contribution in [0.4, 0.5) is 0 Å². The fourth-order valence-electron chi connectivity index (χ4n) is 2.20. The first-order valence-corrected chi connectivity index (χ1v) is 7.46. The van der Waals surface area contributed by atoms with Gasteiger partial charge >= 0.3 is 0 Å². The molecule has 22 heavy (non-hydrogen) atoms. The lowest BCUT2D eigenvalue weighted by Crippen LogP contribution is -2.24. The topological polar surface area (TPSA) is 59.3 Å². The van der Waals surface area contributed by atoms with Crippen LogP contribution in [0.3, 0.4) is 0 Å². The average Bonchev–Trinajstić information content (AvgIpc) is 2.95. The number of carbonyl (C=O) groups excluding carboxylic acids is 1. The Kier molecular flexibility index (Phi) is 4.06. The molecule has 2 heterocycles. The maximum absolute atomic E-state index is 12.0. The molecule has 0 fully saturated rings. The zero-order valence-corrected chi connectivity index (χ0v) is 12.8. The van der Waals surface area contributed by atoms with Gasteiger partial charge in [-0.15, -0.1) is 10.2 Å². The van der Waals surface area contributed by atoms with Gasteiger partial charge in [-0.2, -0.15) is 0 Å². The van der Waals surface area contributed by atoms with Crippen molar-refractivity contribution in [1.82, 2.24) is 19.9 Å². The smallest absolute Gasteiger partial charge is 0.251 e. The number of hydrogen-bond acceptors (Lipinski definition) is 3. The third kappa shape index (κ3) is 2.80. The Morgan fingerprint density at radius 2 is 2.14 bits per heavy atom.